The van der Waals surface area contributed by atoms with E-state index in [0.29, 0.717) is 6.61 Å². The van der Waals surface area contributed by atoms with Crippen molar-refractivity contribution >= 4 is 23.6 Å². The molecule has 162 valence electrons. The third kappa shape index (κ3) is 5.79. The minimum Gasteiger partial charge on any atom is -0.492 e. The Morgan fingerprint density at radius 3 is 1.90 bits per heavy atom. The van der Waals surface area contributed by atoms with E-state index in [9.17, 15) is 12.9 Å². The maximum atomic E-state index is 13.1. The summed E-state index contributed by atoms with van der Waals surface area (Å²) in [5.74, 6) is 0.756. The highest BCUT2D eigenvalue weighted by Crippen LogP contribution is 2.35. The molecular weight excluding hydrogens is 398 g/mol. The molecule has 0 spiro atoms. The van der Waals surface area contributed by atoms with E-state index in [0.717, 1.165) is 46.6 Å². The van der Waals surface area contributed by atoms with Crippen LogP contribution in [0, 0.1) is 0 Å². The zero-order valence-electron chi connectivity index (χ0n) is 17.7. The lowest BCUT2D eigenvalue weighted by Crippen LogP contribution is -2.33. The zero-order valence-corrected chi connectivity index (χ0v) is 17.7. The van der Waals surface area contributed by atoms with Crippen LogP contribution < -0.4 is 15.5 Å². The first-order valence-electron chi connectivity index (χ1n) is 10.4. The number of hydrogen-bond acceptors (Lipinski definition) is 2. The molecule has 2 nitrogen and oxygen atoms in total. The van der Waals surface area contributed by atoms with Crippen LogP contribution in [0.4, 0.5) is 12.9 Å². The van der Waals surface area contributed by atoms with E-state index < -0.39 is 12.4 Å². The summed E-state index contributed by atoms with van der Waals surface area (Å²) in [6.45, 7) is -1.66. The van der Waals surface area contributed by atoms with Crippen LogP contribution in [0.15, 0.2) is 78.9 Å². The molecule has 0 radical (unpaired) electrons. The van der Waals surface area contributed by atoms with E-state index in [1.807, 2.05) is 61.6 Å². The first-order chi connectivity index (χ1) is 14.9. The maximum absolute atomic E-state index is 13.1. The highest BCUT2D eigenvalue weighted by molar-refractivity contribution is 6.73. The second kappa shape index (κ2) is 10.4. The van der Waals surface area contributed by atoms with Crippen molar-refractivity contribution in [2.24, 2.45) is 0 Å². The second-order valence-corrected chi connectivity index (χ2v) is 7.25. The summed E-state index contributed by atoms with van der Waals surface area (Å²) in [5.41, 5.74) is 4.17. The zero-order chi connectivity index (χ0) is 22.3. The third-order valence-corrected chi connectivity index (χ3v) is 5.12. The van der Waals surface area contributed by atoms with Crippen LogP contribution in [0.1, 0.15) is 30.0 Å². The first kappa shape index (κ1) is 22.7. The van der Waals surface area contributed by atoms with Gasteiger partial charge in [-0.2, -0.15) is 0 Å². The summed E-state index contributed by atoms with van der Waals surface area (Å²) in [7, 11) is 1.87. The van der Waals surface area contributed by atoms with Gasteiger partial charge in [-0.1, -0.05) is 73.7 Å². The molecule has 0 bridgehead atoms. The van der Waals surface area contributed by atoms with Gasteiger partial charge in [0.25, 0.3) is 0 Å². The van der Waals surface area contributed by atoms with E-state index >= 15 is 0 Å². The van der Waals surface area contributed by atoms with Crippen molar-refractivity contribution in [3.05, 3.63) is 95.6 Å². The van der Waals surface area contributed by atoms with Crippen molar-refractivity contribution in [3.63, 3.8) is 0 Å². The average Bonchev–Trinajstić information content (AvgIpc) is 2.78. The number of allylic oxidation sites excluding steroid dienone is 1. The van der Waals surface area contributed by atoms with Crippen LogP contribution in [-0.2, 0) is 0 Å². The fourth-order valence-corrected chi connectivity index (χ4v) is 3.54. The van der Waals surface area contributed by atoms with E-state index in [1.165, 1.54) is 12.1 Å². The van der Waals surface area contributed by atoms with E-state index in [4.69, 9.17) is 4.74 Å². The molecule has 3 aromatic rings. The molecule has 0 aliphatic carbocycles. The van der Waals surface area contributed by atoms with Crippen LogP contribution >= 0.6 is 0 Å². The predicted octanol–water partition coefficient (Wildman–Crippen LogP) is 5.71. The van der Waals surface area contributed by atoms with Crippen molar-refractivity contribution in [2.45, 2.75) is 13.3 Å². The van der Waals surface area contributed by atoms with Gasteiger partial charge in [-0.05, 0) is 53.4 Å². The van der Waals surface area contributed by atoms with Gasteiger partial charge >= 0.3 is 6.98 Å². The largest absolute Gasteiger partial charge is 0.509 e. The molecule has 1 N–H and O–H groups in total. The number of benzene rings is 3. The van der Waals surface area contributed by atoms with Gasteiger partial charge in [0.2, 0.25) is 0 Å². The van der Waals surface area contributed by atoms with Crippen LogP contribution in [0.2, 0.25) is 0 Å². The molecule has 0 fully saturated rings. The SMILES string of the molecule is CCC(=C(c1ccc(OCCNC)cc1)c1ccc([B-](F)(F)F)cc1)c1ccccc1. The van der Waals surface area contributed by atoms with Crippen LogP contribution in [-0.4, -0.2) is 27.2 Å². The van der Waals surface area contributed by atoms with Crippen molar-refractivity contribution < 1.29 is 17.7 Å². The van der Waals surface area contributed by atoms with Gasteiger partial charge in [0.15, 0.2) is 0 Å². The molecule has 0 unspecified atom stereocenters. The van der Waals surface area contributed by atoms with E-state index in [2.05, 4.69) is 12.2 Å². The number of likely N-dealkylation sites (N-methyl/N-ethyl adjacent to an activating group) is 1. The first-order valence-corrected chi connectivity index (χ1v) is 10.4. The van der Waals surface area contributed by atoms with Gasteiger partial charge in [0, 0.05) is 6.54 Å². The Kier molecular flexibility index (Phi) is 7.58. The highest BCUT2D eigenvalue weighted by Gasteiger charge is 2.25. The Hall–Kier alpha value is -2.99. The van der Waals surface area contributed by atoms with Crippen molar-refractivity contribution in [2.75, 3.05) is 20.2 Å². The molecular formula is C25H26BF3NO-. The van der Waals surface area contributed by atoms with E-state index in [-0.39, 0.29) is 0 Å². The summed E-state index contributed by atoms with van der Waals surface area (Å²) in [6.07, 6.45) is 0.741. The molecule has 3 aromatic carbocycles. The Bertz CT molecular complexity index is 998. The van der Waals surface area contributed by atoms with Gasteiger partial charge in [-0.3, -0.25) is 0 Å². The topological polar surface area (TPSA) is 21.3 Å². The van der Waals surface area contributed by atoms with Crippen LogP contribution in [0.25, 0.3) is 11.1 Å². The van der Waals surface area contributed by atoms with Gasteiger partial charge in [0.05, 0.1) is 0 Å². The quantitative estimate of drug-likeness (QED) is 0.270. The summed E-state index contributed by atoms with van der Waals surface area (Å²) < 4.78 is 45.1. The summed E-state index contributed by atoms with van der Waals surface area (Å²) in [6, 6.07) is 23.1. The molecule has 6 heteroatoms. The van der Waals surface area contributed by atoms with Crippen molar-refractivity contribution in [3.8, 4) is 5.75 Å². The van der Waals surface area contributed by atoms with Gasteiger partial charge < -0.3 is 23.0 Å². The number of nitrogens with one attached hydrogen (secondary N) is 1. The van der Waals surface area contributed by atoms with E-state index in [1.54, 1.807) is 12.1 Å². The monoisotopic (exact) mass is 424 g/mol. The Labute approximate surface area is 181 Å². The summed E-state index contributed by atoms with van der Waals surface area (Å²) in [5, 5.41) is 3.03. The smallest absolute Gasteiger partial charge is 0.492 e. The van der Waals surface area contributed by atoms with Crippen LogP contribution in [0.5, 0.6) is 5.75 Å². The Morgan fingerprint density at radius 2 is 1.39 bits per heavy atom. The fraction of sp³-hybridized carbons (Fsp3) is 0.200. The van der Waals surface area contributed by atoms with Crippen molar-refractivity contribution in [1.29, 1.82) is 0 Å². The van der Waals surface area contributed by atoms with Gasteiger partial charge in [-0.25, -0.2) is 0 Å². The predicted molar refractivity (Wildman–Crippen MR) is 124 cm³/mol. The number of rotatable bonds is 9. The number of hydrogen-bond donors (Lipinski definition) is 1. The van der Waals surface area contributed by atoms with Crippen LogP contribution in [0.3, 0.4) is 0 Å². The minimum absolute atomic E-state index is 0.559. The molecule has 0 saturated heterocycles. The fourth-order valence-electron chi connectivity index (χ4n) is 3.54. The molecule has 0 heterocycles. The molecule has 3 rings (SSSR count). The lowest BCUT2D eigenvalue weighted by atomic mass is 9.79. The minimum atomic E-state index is -5.02. The highest BCUT2D eigenvalue weighted by atomic mass is 19.4. The van der Waals surface area contributed by atoms with Gasteiger partial charge in [0.1, 0.15) is 12.4 Å². The second-order valence-electron chi connectivity index (χ2n) is 7.25. The molecule has 31 heavy (non-hydrogen) atoms. The summed E-state index contributed by atoms with van der Waals surface area (Å²) in [4.78, 5) is 0. The Morgan fingerprint density at radius 1 is 0.806 bits per heavy atom. The van der Waals surface area contributed by atoms with Gasteiger partial charge in [-0.15, -0.1) is 5.46 Å². The lowest BCUT2D eigenvalue weighted by Gasteiger charge is -2.19. The van der Waals surface area contributed by atoms with Crippen molar-refractivity contribution in [1.82, 2.24) is 5.32 Å². The number of ether oxygens (including phenoxy) is 1. The standard InChI is InChI=1S/C25H26BF3NO/c1-3-24(19-7-5-4-6-8-19)25(20-9-13-22(14-10-20)26(27,28)29)21-11-15-23(16-12-21)31-18-17-30-2/h4-16,30H,3,17-18H2,1-2H3/q-1. The Balaban J connectivity index is 2.08. The molecule has 0 saturated carbocycles. The lowest BCUT2D eigenvalue weighted by molar-refractivity contribution is 0.318. The molecule has 0 atom stereocenters. The molecule has 0 aliphatic rings. The molecule has 0 aromatic heterocycles. The summed E-state index contributed by atoms with van der Waals surface area (Å²) >= 11 is 0. The molecule has 0 amide bonds. The third-order valence-electron chi connectivity index (χ3n) is 5.12. The normalized spacial score (nSPS) is 12.4. The maximum Gasteiger partial charge on any atom is 0.509 e. The molecule has 0 aliphatic heterocycles. The number of halogens is 3. The average molecular weight is 424 g/mol.